The monoisotopic (exact) mass is 343 g/mol. The van der Waals surface area contributed by atoms with Crippen LogP contribution < -0.4 is 5.32 Å². The molecule has 2 atom stereocenters. The summed E-state index contributed by atoms with van der Waals surface area (Å²) in [6, 6.07) is 0.357. The van der Waals surface area contributed by atoms with Crippen LogP contribution in [0.4, 0.5) is 0 Å². The summed E-state index contributed by atoms with van der Waals surface area (Å²) in [5.41, 5.74) is 1.28. The molecule has 2 unspecified atom stereocenters. The van der Waals surface area contributed by atoms with Crippen molar-refractivity contribution >= 4 is 15.9 Å². The number of ether oxygens (including phenoxy) is 1. The molecule has 1 aliphatic rings. The maximum atomic E-state index is 5.75. The molecule has 0 saturated carbocycles. The molecule has 2 rings (SSSR count). The number of aryl methyl sites for hydroxylation is 1. The lowest BCUT2D eigenvalue weighted by Gasteiger charge is -2.22. The molecule has 1 aromatic heterocycles. The number of hydrogen-bond acceptors (Lipinski definition) is 3. The van der Waals surface area contributed by atoms with E-state index in [-0.39, 0.29) is 0 Å². The fourth-order valence-corrected chi connectivity index (χ4v) is 3.42. The van der Waals surface area contributed by atoms with Crippen LogP contribution in [0.2, 0.25) is 0 Å². The van der Waals surface area contributed by atoms with Crippen molar-refractivity contribution in [2.24, 2.45) is 0 Å². The largest absolute Gasteiger partial charge is 0.378 e. The van der Waals surface area contributed by atoms with Crippen LogP contribution in [-0.2, 0) is 11.3 Å². The molecule has 0 aliphatic carbocycles. The third-order valence-electron chi connectivity index (χ3n) is 3.90. The molecule has 1 saturated heterocycles. The van der Waals surface area contributed by atoms with Gasteiger partial charge in [-0.05, 0) is 61.5 Å². The minimum Gasteiger partial charge on any atom is -0.378 e. The smallest absolute Gasteiger partial charge is 0.0695 e. The molecule has 0 amide bonds. The zero-order valence-electron chi connectivity index (χ0n) is 12.6. The van der Waals surface area contributed by atoms with E-state index in [1.165, 1.54) is 18.5 Å². The maximum absolute atomic E-state index is 5.75. The Balaban J connectivity index is 2.03. The lowest BCUT2D eigenvalue weighted by Crippen LogP contribution is -2.26. The highest BCUT2D eigenvalue weighted by molar-refractivity contribution is 9.10. The van der Waals surface area contributed by atoms with Gasteiger partial charge in [-0.3, -0.25) is 4.68 Å². The van der Waals surface area contributed by atoms with Gasteiger partial charge in [0.1, 0.15) is 0 Å². The van der Waals surface area contributed by atoms with Crippen LogP contribution in [0.25, 0.3) is 0 Å². The highest BCUT2D eigenvalue weighted by atomic mass is 79.9. The number of hydrogen-bond donors (Lipinski definition) is 1. The Morgan fingerprint density at radius 2 is 2.40 bits per heavy atom. The molecule has 0 spiro atoms. The van der Waals surface area contributed by atoms with Gasteiger partial charge in [0.05, 0.1) is 28.5 Å². The Morgan fingerprint density at radius 1 is 1.55 bits per heavy atom. The first kappa shape index (κ1) is 16.0. The summed E-state index contributed by atoms with van der Waals surface area (Å²) in [4.78, 5) is 0. The van der Waals surface area contributed by atoms with E-state index in [1.54, 1.807) is 0 Å². The van der Waals surface area contributed by atoms with Crippen LogP contribution in [-0.4, -0.2) is 29.0 Å². The maximum Gasteiger partial charge on any atom is 0.0695 e. The van der Waals surface area contributed by atoms with Crippen LogP contribution in [0.1, 0.15) is 57.7 Å². The second kappa shape index (κ2) is 8.15. The molecule has 1 N–H and O–H groups in total. The molecule has 1 aliphatic heterocycles. The number of halogens is 1. The first-order valence-electron chi connectivity index (χ1n) is 7.82. The van der Waals surface area contributed by atoms with Gasteiger partial charge in [0, 0.05) is 13.2 Å². The fourth-order valence-electron chi connectivity index (χ4n) is 2.85. The Labute approximate surface area is 130 Å². The molecule has 0 radical (unpaired) electrons. The van der Waals surface area contributed by atoms with E-state index in [2.05, 4.69) is 44.9 Å². The van der Waals surface area contributed by atoms with Crippen molar-refractivity contribution in [2.75, 3.05) is 13.2 Å². The van der Waals surface area contributed by atoms with Crippen LogP contribution in [0.5, 0.6) is 0 Å². The Hall–Kier alpha value is -0.390. The quantitative estimate of drug-likeness (QED) is 0.782. The van der Waals surface area contributed by atoms with Gasteiger partial charge < -0.3 is 10.1 Å². The molecule has 0 aromatic carbocycles. The van der Waals surface area contributed by atoms with Gasteiger partial charge in [0.2, 0.25) is 0 Å². The third-order valence-corrected chi connectivity index (χ3v) is 4.52. The van der Waals surface area contributed by atoms with Gasteiger partial charge in [-0.15, -0.1) is 0 Å². The highest BCUT2D eigenvalue weighted by Gasteiger charge is 2.22. The molecular formula is C15H26BrN3O. The zero-order valence-corrected chi connectivity index (χ0v) is 14.2. The first-order valence-corrected chi connectivity index (χ1v) is 8.61. The standard InChI is InChI=1S/C15H26BrN3O/c1-3-9-17-14(8-7-12-6-5-10-20-12)15-13(16)11-18-19(15)4-2/h11-12,14,17H,3-10H2,1-2H3. The second-order valence-electron chi connectivity index (χ2n) is 5.41. The second-order valence-corrected chi connectivity index (χ2v) is 6.27. The van der Waals surface area contributed by atoms with Gasteiger partial charge in [0.15, 0.2) is 0 Å². The molecule has 2 heterocycles. The molecule has 1 fully saturated rings. The van der Waals surface area contributed by atoms with Gasteiger partial charge in [-0.25, -0.2) is 0 Å². The van der Waals surface area contributed by atoms with Crippen molar-refractivity contribution in [3.8, 4) is 0 Å². The molecular weight excluding hydrogens is 318 g/mol. The molecule has 20 heavy (non-hydrogen) atoms. The van der Waals surface area contributed by atoms with E-state index in [1.807, 2.05) is 6.20 Å². The third kappa shape index (κ3) is 4.06. The lowest BCUT2D eigenvalue weighted by molar-refractivity contribution is 0.0992. The normalized spacial score (nSPS) is 20.4. The Morgan fingerprint density at radius 3 is 3.05 bits per heavy atom. The first-order chi connectivity index (χ1) is 9.76. The molecule has 114 valence electrons. The summed E-state index contributed by atoms with van der Waals surface area (Å²) in [5, 5.41) is 8.11. The SMILES string of the molecule is CCCNC(CCC1CCCO1)c1c(Br)cnn1CC. The van der Waals surface area contributed by atoms with E-state index in [4.69, 9.17) is 4.74 Å². The molecule has 0 bridgehead atoms. The van der Waals surface area contributed by atoms with Crippen LogP contribution in [0.3, 0.4) is 0 Å². The van der Waals surface area contributed by atoms with Crippen LogP contribution in [0, 0.1) is 0 Å². The van der Waals surface area contributed by atoms with Crippen LogP contribution >= 0.6 is 15.9 Å². The summed E-state index contributed by atoms with van der Waals surface area (Å²) >= 11 is 3.65. The molecule has 4 nitrogen and oxygen atoms in total. The van der Waals surface area contributed by atoms with Crippen molar-refractivity contribution < 1.29 is 4.74 Å². The van der Waals surface area contributed by atoms with E-state index < -0.39 is 0 Å². The average molecular weight is 344 g/mol. The van der Waals surface area contributed by atoms with E-state index >= 15 is 0 Å². The zero-order chi connectivity index (χ0) is 14.4. The van der Waals surface area contributed by atoms with E-state index in [0.29, 0.717) is 12.1 Å². The van der Waals surface area contributed by atoms with E-state index in [0.717, 1.165) is 43.4 Å². The fraction of sp³-hybridized carbons (Fsp3) is 0.800. The molecule has 5 heteroatoms. The van der Waals surface area contributed by atoms with Crippen molar-refractivity contribution in [2.45, 2.75) is 64.6 Å². The van der Waals surface area contributed by atoms with E-state index in [9.17, 15) is 0 Å². The number of rotatable bonds is 8. The van der Waals surface area contributed by atoms with Crippen molar-refractivity contribution in [3.05, 3.63) is 16.4 Å². The van der Waals surface area contributed by atoms with Crippen LogP contribution in [0.15, 0.2) is 10.7 Å². The Kier molecular flexibility index (Phi) is 6.52. The topological polar surface area (TPSA) is 39.1 Å². The minimum absolute atomic E-state index is 0.357. The molecule has 1 aromatic rings. The van der Waals surface area contributed by atoms with Gasteiger partial charge in [-0.2, -0.15) is 5.10 Å². The Bertz CT molecular complexity index is 402. The number of aromatic nitrogens is 2. The summed E-state index contributed by atoms with van der Waals surface area (Å²) in [7, 11) is 0. The summed E-state index contributed by atoms with van der Waals surface area (Å²) < 4.78 is 8.95. The number of nitrogens with zero attached hydrogens (tertiary/aromatic N) is 2. The predicted octanol–water partition coefficient (Wildman–Crippen LogP) is 3.67. The van der Waals surface area contributed by atoms with Crippen molar-refractivity contribution in [1.29, 1.82) is 0 Å². The van der Waals surface area contributed by atoms with Gasteiger partial charge in [-0.1, -0.05) is 6.92 Å². The van der Waals surface area contributed by atoms with Gasteiger partial charge >= 0.3 is 0 Å². The van der Waals surface area contributed by atoms with Gasteiger partial charge in [0.25, 0.3) is 0 Å². The summed E-state index contributed by atoms with van der Waals surface area (Å²) in [5.74, 6) is 0. The average Bonchev–Trinajstić information content (AvgIpc) is 3.09. The summed E-state index contributed by atoms with van der Waals surface area (Å²) in [6.07, 6.45) is 8.18. The van der Waals surface area contributed by atoms with Crippen molar-refractivity contribution in [1.82, 2.24) is 15.1 Å². The summed E-state index contributed by atoms with van der Waals surface area (Å²) in [6.45, 7) is 7.23. The minimum atomic E-state index is 0.357. The lowest BCUT2D eigenvalue weighted by atomic mass is 10.0. The predicted molar refractivity (Wildman–Crippen MR) is 84.8 cm³/mol. The number of nitrogens with one attached hydrogen (secondary N) is 1. The highest BCUT2D eigenvalue weighted by Crippen LogP contribution is 2.29. The van der Waals surface area contributed by atoms with Crippen molar-refractivity contribution in [3.63, 3.8) is 0 Å².